The lowest BCUT2D eigenvalue weighted by molar-refractivity contribution is -0.143. The van der Waals surface area contributed by atoms with Crippen molar-refractivity contribution >= 4 is 70.1 Å². The van der Waals surface area contributed by atoms with Crippen LogP contribution in [-0.4, -0.2) is 23.0 Å². The largest absolute Gasteiger partial charge is 0.469 e. The molecule has 0 aromatic rings. The predicted octanol–water partition coefficient (Wildman–Crippen LogP) is 4.89. The minimum absolute atomic E-state index is 0.306. The van der Waals surface area contributed by atoms with Crippen LogP contribution in [0.5, 0.6) is 0 Å². The van der Waals surface area contributed by atoms with Gasteiger partial charge in [0.15, 0.2) is 0 Å². The Labute approximate surface area is 132 Å². The molecular formula is C9H12Cl5O3P. The summed E-state index contributed by atoms with van der Waals surface area (Å²) < 4.78 is 8.30. The van der Waals surface area contributed by atoms with Gasteiger partial charge in [0.05, 0.1) is 13.0 Å². The number of methoxy groups -OCH3 is 1. The molecule has 0 amide bonds. The molecule has 1 fully saturated rings. The Hall–Kier alpha value is 1.31. The minimum Gasteiger partial charge on any atom is -0.469 e. The first kappa shape index (κ1) is 17.4. The molecule has 0 spiro atoms. The summed E-state index contributed by atoms with van der Waals surface area (Å²) in [4.78, 5) is 11.6. The lowest BCUT2D eigenvalue weighted by atomic mass is 10.1. The maximum absolute atomic E-state index is 11.6. The molecule has 18 heavy (non-hydrogen) atoms. The molecule has 0 aromatic carbocycles. The topological polar surface area (TPSA) is 35.5 Å². The Morgan fingerprint density at radius 3 is 2.17 bits per heavy atom. The molecule has 3 nitrogen and oxygen atoms in total. The Balaban J connectivity index is 2.92. The number of halogens is 5. The third kappa shape index (κ3) is 3.69. The van der Waals surface area contributed by atoms with Crippen LogP contribution in [0.15, 0.2) is 0 Å². The zero-order chi connectivity index (χ0) is 14.3. The molecule has 1 aliphatic carbocycles. The molecule has 0 aromatic heterocycles. The van der Waals surface area contributed by atoms with Gasteiger partial charge in [-0.3, -0.25) is 4.79 Å². The van der Waals surface area contributed by atoms with Crippen LogP contribution in [0, 0.1) is 17.3 Å². The van der Waals surface area contributed by atoms with Gasteiger partial charge >= 0.3 is 5.97 Å². The smallest absolute Gasteiger partial charge is 0.309 e. The van der Waals surface area contributed by atoms with Gasteiger partial charge in [-0.15, -0.1) is 0 Å². The van der Waals surface area contributed by atoms with Gasteiger partial charge in [-0.1, -0.05) is 48.7 Å². The second-order valence-electron chi connectivity index (χ2n) is 4.62. The lowest BCUT2D eigenvalue weighted by Gasteiger charge is -2.26. The Kier molecular flexibility index (Phi) is 5.76. The highest BCUT2D eigenvalue weighted by Crippen LogP contribution is 2.66. The van der Waals surface area contributed by atoms with E-state index in [9.17, 15) is 4.79 Å². The summed E-state index contributed by atoms with van der Waals surface area (Å²) in [5.41, 5.74) is -0.388. The van der Waals surface area contributed by atoms with Gasteiger partial charge in [0.25, 0.3) is 0 Å². The van der Waals surface area contributed by atoms with Gasteiger partial charge in [-0.25, -0.2) is 0 Å². The number of alkyl halides is 3. The van der Waals surface area contributed by atoms with Crippen molar-refractivity contribution in [2.45, 2.75) is 23.7 Å². The highest BCUT2D eigenvalue weighted by atomic mass is 35.9. The van der Waals surface area contributed by atoms with E-state index in [1.54, 1.807) is 0 Å². The third-order valence-electron chi connectivity index (χ3n) is 3.21. The predicted molar refractivity (Wildman–Crippen MR) is 76.6 cm³/mol. The summed E-state index contributed by atoms with van der Waals surface area (Å²) in [6.07, 6.45) is -0.859. The van der Waals surface area contributed by atoms with Crippen LogP contribution in [0.3, 0.4) is 0 Å². The summed E-state index contributed by atoms with van der Waals surface area (Å²) in [6, 6.07) is 0. The minimum atomic E-state index is -1.74. The van der Waals surface area contributed by atoms with Crippen LogP contribution >= 0.6 is 64.1 Å². The second kappa shape index (κ2) is 5.97. The number of hydrogen-bond donors (Lipinski definition) is 0. The highest BCUT2D eigenvalue weighted by molar-refractivity contribution is 8.00. The maximum Gasteiger partial charge on any atom is 0.309 e. The molecule has 9 heteroatoms. The normalized spacial score (nSPS) is 28.1. The second-order valence-corrected chi connectivity index (χ2v) is 9.96. The van der Waals surface area contributed by atoms with Crippen molar-refractivity contribution in [3.8, 4) is 0 Å². The standard InChI is InChI=1S/C9H12Cl5O3P/c1-8(2)4(5(8)7(15)16-3)6(9(10,11)12)17-18(13)14/h4-6H,1-3H3. The van der Waals surface area contributed by atoms with Crippen LogP contribution in [-0.2, 0) is 14.1 Å². The summed E-state index contributed by atoms with van der Waals surface area (Å²) >= 11 is 28.8. The molecular weight excluding hydrogens is 364 g/mol. The number of hydrogen-bond acceptors (Lipinski definition) is 3. The number of rotatable bonds is 4. The quantitative estimate of drug-likeness (QED) is 0.398. The van der Waals surface area contributed by atoms with E-state index in [4.69, 9.17) is 66.5 Å². The zero-order valence-corrected chi connectivity index (χ0v) is 14.5. The fraction of sp³-hybridized carbons (Fsp3) is 0.889. The molecule has 3 atom stereocenters. The number of ether oxygens (including phenoxy) is 1. The van der Waals surface area contributed by atoms with E-state index in [0.717, 1.165) is 0 Å². The first-order chi connectivity index (χ1) is 8.03. The average Bonchev–Trinajstić information content (AvgIpc) is 2.74. The zero-order valence-electron chi connectivity index (χ0n) is 9.79. The van der Waals surface area contributed by atoms with E-state index < -0.39 is 22.7 Å². The molecule has 0 aliphatic heterocycles. The van der Waals surface area contributed by atoms with Crippen LogP contribution in [0.1, 0.15) is 13.8 Å². The Bertz CT molecular complexity index is 331. The van der Waals surface area contributed by atoms with Crippen molar-refractivity contribution < 1.29 is 14.1 Å². The summed E-state index contributed by atoms with van der Waals surface area (Å²) in [6.45, 7) is 2.00. The van der Waals surface area contributed by atoms with Crippen LogP contribution < -0.4 is 0 Å². The van der Waals surface area contributed by atoms with E-state index in [1.165, 1.54) is 7.11 Å². The molecule has 1 aliphatic rings. The van der Waals surface area contributed by atoms with Crippen molar-refractivity contribution in [3.63, 3.8) is 0 Å². The monoisotopic (exact) mass is 374 g/mol. The summed E-state index contributed by atoms with van der Waals surface area (Å²) in [7, 11) is 1.31. The maximum atomic E-state index is 11.6. The molecule has 106 valence electrons. The van der Waals surface area contributed by atoms with Crippen LogP contribution in [0.4, 0.5) is 0 Å². The van der Waals surface area contributed by atoms with E-state index >= 15 is 0 Å². The third-order valence-corrected chi connectivity index (χ3v) is 4.72. The molecule has 0 radical (unpaired) electrons. The van der Waals surface area contributed by atoms with Gasteiger partial charge in [0.1, 0.15) is 6.10 Å². The molecule has 1 saturated carbocycles. The van der Waals surface area contributed by atoms with E-state index in [1.807, 2.05) is 13.8 Å². The summed E-state index contributed by atoms with van der Waals surface area (Å²) in [5, 5.41) is 0. The van der Waals surface area contributed by atoms with E-state index in [2.05, 4.69) is 0 Å². The van der Waals surface area contributed by atoms with Crippen molar-refractivity contribution in [1.29, 1.82) is 0 Å². The van der Waals surface area contributed by atoms with E-state index in [-0.39, 0.29) is 17.3 Å². The highest BCUT2D eigenvalue weighted by Gasteiger charge is 2.69. The van der Waals surface area contributed by atoms with Gasteiger partial charge in [0.2, 0.25) is 10.6 Å². The fourth-order valence-electron chi connectivity index (χ4n) is 2.23. The molecule has 3 unspecified atom stereocenters. The van der Waals surface area contributed by atoms with Crippen LogP contribution in [0.2, 0.25) is 0 Å². The Morgan fingerprint density at radius 2 is 1.83 bits per heavy atom. The van der Waals surface area contributed by atoms with Crippen molar-refractivity contribution in [2.75, 3.05) is 7.11 Å². The first-order valence-corrected chi connectivity index (χ1v) is 9.16. The first-order valence-electron chi connectivity index (χ1n) is 4.96. The summed E-state index contributed by atoms with van der Waals surface area (Å²) in [5.74, 6) is -1.06. The van der Waals surface area contributed by atoms with Crippen molar-refractivity contribution in [2.24, 2.45) is 17.3 Å². The number of carbonyl (C=O) groups excluding carboxylic acids is 1. The lowest BCUT2D eigenvalue weighted by Crippen LogP contribution is -2.31. The van der Waals surface area contributed by atoms with Crippen molar-refractivity contribution in [3.05, 3.63) is 0 Å². The van der Waals surface area contributed by atoms with E-state index in [0.29, 0.717) is 0 Å². The average molecular weight is 376 g/mol. The van der Waals surface area contributed by atoms with Crippen molar-refractivity contribution in [1.82, 2.24) is 0 Å². The molecule has 0 bridgehead atoms. The van der Waals surface area contributed by atoms with Gasteiger partial charge < -0.3 is 9.26 Å². The SMILES string of the molecule is COC(=O)C1C(C(OP(Cl)Cl)C(Cl)(Cl)Cl)C1(C)C. The van der Waals surface area contributed by atoms with Crippen LogP contribution in [0.25, 0.3) is 0 Å². The number of esters is 1. The number of carbonyl (C=O) groups is 1. The molecule has 1 rings (SSSR count). The molecule has 0 N–H and O–H groups in total. The van der Waals surface area contributed by atoms with Gasteiger partial charge in [-0.05, 0) is 27.9 Å². The van der Waals surface area contributed by atoms with Gasteiger partial charge in [0, 0.05) is 5.92 Å². The molecule has 0 saturated heterocycles. The molecule has 0 heterocycles. The fourth-order valence-corrected chi connectivity index (χ4v) is 3.94. The Morgan fingerprint density at radius 1 is 1.33 bits per heavy atom. The van der Waals surface area contributed by atoms with Gasteiger partial charge in [-0.2, -0.15) is 0 Å².